The lowest BCUT2D eigenvalue weighted by Gasteiger charge is -2.26. The Morgan fingerprint density at radius 1 is 0.868 bits per heavy atom. The molecule has 2 N–H and O–H groups in total. The van der Waals surface area contributed by atoms with Crippen molar-refractivity contribution in [3.63, 3.8) is 0 Å². The van der Waals surface area contributed by atoms with Crippen LogP contribution in [0, 0.1) is 11.6 Å². The number of pyridine rings is 1. The Kier molecular flexibility index (Phi) is 8.36. The third-order valence-corrected chi connectivity index (χ3v) is 5.29. The number of nitrogens with one attached hydrogen (secondary N) is 2. The molecule has 0 atom stereocenters. The van der Waals surface area contributed by atoms with Crippen molar-refractivity contribution in [1.82, 2.24) is 4.98 Å². The number of anilines is 2. The summed E-state index contributed by atoms with van der Waals surface area (Å²) in [6.07, 6.45) is -7.94. The van der Waals surface area contributed by atoms with Gasteiger partial charge in [-0.15, -0.1) is 0 Å². The summed E-state index contributed by atoms with van der Waals surface area (Å²) in [4.78, 5) is 28.6. The summed E-state index contributed by atoms with van der Waals surface area (Å²) < 4.78 is 111. The number of amides is 2. The average molecular weight is 588 g/mol. The first-order valence-electron chi connectivity index (χ1n) is 9.88. The van der Waals surface area contributed by atoms with Crippen LogP contribution in [0.2, 0.25) is 10.0 Å². The number of benzene rings is 2. The van der Waals surface area contributed by atoms with Crippen molar-refractivity contribution >= 4 is 46.4 Å². The molecule has 3 rings (SSSR count). The molecule has 38 heavy (non-hydrogen) atoms. The maximum Gasteiger partial charge on any atom is 0.470 e. The van der Waals surface area contributed by atoms with Crippen LogP contribution in [0.5, 0.6) is 5.75 Å². The van der Waals surface area contributed by atoms with E-state index in [4.69, 9.17) is 23.2 Å². The van der Waals surface area contributed by atoms with E-state index in [2.05, 4.69) is 15.0 Å². The summed E-state index contributed by atoms with van der Waals surface area (Å²) >= 11 is 11.5. The number of halogens is 10. The van der Waals surface area contributed by atoms with Crippen molar-refractivity contribution in [2.75, 3.05) is 10.6 Å². The summed E-state index contributed by atoms with van der Waals surface area (Å²) in [6.45, 7) is 0. The maximum atomic E-state index is 14.9. The molecule has 0 unspecified atom stereocenters. The molecule has 0 aliphatic carbocycles. The molecule has 0 bridgehead atoms. The van der Waals surface area contributed by atoms with Crippen molar-refractivity contribution in [3.8, 4) is 5.75 Å². The number of hydrogen-bond acceptors (Lipinski definition) is 4. The van der Waals surface area contributed by atoms with E-state index >= 15 is 0 Å². The van der Waals surface area contributed by atoms with Gasteiger partial charge in [-0.05, 0) is 30.3 Å². The third kappa shape index (κ3) is 5.91. The highest BCUT2D eigenvalue weighted by Crippen LogP contribution is 2.44. The monoisotopic (exact) mass is 587 g/mol. The van der Waals surface area contributed by atoms with Gasteiger partial charge in [-0.2, -0.15) is 17.6 Å². The van der Waals surface area contributed by atoms with Gasteiger partial charge < -0.3 is 15.4 Å². The Labute approximate surface area is 217 Å². The van der Waals surface area contributed by atoms with Crippen LogP contribution in [0.15, 0.2) is 48.8 Å². The number of ether oxygens (including phenoxy) is 1. The predicted molar refractivity (Wildman–Crippen MR) is 119 cm³/mol. The fraction of sp³-hybridized carbons (Fsp3) is 0.136. The van der Waals surface area contributed by atoms with E-state index in [1.165, 1.54) is 24.5 Å². The molecule has 1 heterocycles. The van der Waals surface area contributed by atoms with Gasteiger partial charge in [0, 0.05) is 24.0 Å². The van der Waals surface area contributed by atoms with Crippen molar-refractivity contribution in [2.45, 2.75) is 18.5 Å². The Bertz CT molecular complexity index is 1380. The molecule has 0 saturated heterocycles. The van der Waals surface area contributed by atoms with E-state index in [0.717, 1.165) is 6.07 Å². The van der Waals surface area contributed by atoms with E-state index < -0.39 is 74.6 Å². The minimum atomic E-state index is -5.90. The lowest BCUT2D eigenvalue weighted by Crippen LogP contribution is -2.50. The Hall–Kier alpha value is -3.65. The standard InChI is InChI=1S/C22H11Cl2F8N3O3/c23-10-8-15(38-22(31,32)21(29,30)20(27)28)11(24)7-14(10)35-19(37)16-12(25)1-2-13(17(16)26)34-18(36)9-3-5-33-6-4-9/h1-8,20H,(H,34,36)(H,35,37). The highest BCUT2D eigenvalue weighted by atomic mass is 35.5. The van der Waals surface area contributed by atoms with E-state index in [1.54, 1.807) is 0 Å². The van der Waals surface area contributed by atoms with Gasteiger partial charge in [-0.1, -0.05) is 23.2 Å². The third-order valence-electron chi connectivity index (χ3n) is 4.68. The molecule has 0 spiro atoms. The van der Waals surface area contributed by atoms with Gasteiger partial charge in [-0.25, -0.2) is 17.6 Å². The summed E-state index contributed by atoms with van der Waals surface area (Å²) in [5, 5.41) is 2.46. The highest BCUT2D eigenvalue weighted by Gasteiger charge is 2.66. The van der Waals surface area contributed by atoms with E-state index in [0.29, 0.717) is 18.2 Å². The van der Waals surface area contributed by atoms with Gasteiger partial charge in [0.05, 0.1) is 21.4 Å². The lowest BCUT2D eigenvalue weighted by molar-refractivity contribution is -0.342. The highest BCUT2D eigenvalue weighted by molar-refractivity contribution is 6.36. The van der Waals surface area contributed by atoms with Crippen LogP contribution in [0.1, 0.15) is 20.7 Å². The minimum absolute atomic E-state index is 0.0651. The van der Waals surface area contributed by atoms with E-state index in [-0.39, 0.29) is 5.56 Å². The predicted octanol–water partition coefficient (Wildman–Crippen LogP) is 7.04. The zero-order valence-electron chi connectivity index (χ0n) is 18.1. The number of carbonyl (C=O) groups is 2. The van der Waals surface area contributed by atoms with Crippen LogP contribution < -0.4 is 15.4 Å². The zero-order chi connectivity index (χ0) is 28.4. The molecular weight excluding hydrogens is 577 g/mol. The minimum Gasteiger partial charge on any atom is -0.426 e. The molecule has 3 aromatic rings. The molecule has 6 nitrogen and oxygen atoms in total. The normalized spacial score (nSPS) is 11.9. The van der Waals surface area contributed by atoms with Crippen LogP contribution in [0.3, 0.4) is 0 Å². The number of rotatable bonds is 8. The molecule has 202 valence electrons. The van der Waals surface area contributed by atoms with Gasteiger partial charge in [0.15, 0.2) is 5.82 Å². The second kappa shape index (κ2) is 11.0. The van der Waals surface area contributed by atoms with Crippen LogP contribution >= 0.6 is 23.2 Å². The smallest absolute Gasteiger partial charge is 0.426 e. The largest absolute Gasteiger partial charge is 0.470 e. The van der Waals surface area contributed by atoms with Gasteiger partial charge in [0.1, 0.15) is 17.1 Å². The molecule has 2 amide bonds. The molecule has 1 aromatic heterocycles. The first-order chi connectivity index (χ1) is 17.7. The van der Waals surface area contributed by atoms with Gasteiger partial charge >= 0.3 is 18.5 Å². The van der Waals surface area contributed by atoms with Crippen molar-refractivity contribution in [2.24, 2.45) is 0 Å². The van der Waals surface area contributed by atoms with Gasteiger partial charge in [0.25, 0.3) is 11.8 Å². The number of carbonyl (C=O) groups excluding carboxylic acids is 2. The SMILES string of the molecule is O=C(Nc1ccc(F)c(C(=O)Nc2cc(Cl)c(OC(F)(F)C(F)(F)C(F)F)cc2Cl)c1F)c1ccncc1. The van der Waals surface area contributed by atoms with E-state index in [9.17, 15) is 44.7 Å². The topological polar surface area (TPSA) is 80.3 Å². The van der Waals surface area contributed by atoms with E-state index in [1.807, 2.05) is 5.32 Å². The summed E-state index contributed by atoms with van der Waals surface area (Å²) in [5.74, 6) is -12.3. The fourth-order valence-electron chi connectivity index (χ4n) is 2.78. The molecule has 16 heteroatoms. The number of aromatic nitrogens is 1. The first kappa shape index (κ1) is 28.9. The zero-order valence-corrected chi connectivity index (χ0v) is 19.7. The van der Waals surface area contributed by atoms with Crippen molar-refractivity contribution < 1.29 is 49.4 Å². The number of hydrogen-bond donors (Lipinski definition) is 2. The van der Waals surface area contributed by atoms with Gasteiger partial charge in [0.2, 0.25) is 0 Å². The summed E-state index contributed by atoms with van der Waals surface area (Å²) in [7, 11) is 0. The van der Waals surface area contributed by atoms with Crippen LogP contribution in [0.25, 0.3) is 0 Å². The van der Waals surface area contributed by atoms with Crippen molar-refractivity contribution in [3.05, 3.63) is 81.6 Å². The number of nitrogens with zero attached hydrogens (tertiary/aromatic N) is 1. The molecular formula is C22H11Cl2F8N3O3. The summed E-state index contributed by atoms with van der Waals surface area (Å²) in [5.41, 5.74) is -2.28. The quantitative estimate of drug-likeness (QED) is 0.277. The average Bonchev–Trinajstić information content (AvgIpc) is 2.84. The van der Waals surface area contributed by atoms with Gasteiger partial charge in [-0.3, -0.25) is 14.6 Å². The second-order valence-corrected chi connectivity index (χ2v) is 8.05. The Morgan fingerprint density at radius 3 is 2.08 bits per heavy atom. The molecule has 2 aromatic carbocycles. The molecule has 0 radical (unpaired) electrons. The first-order valence-corrected chi connectivity index (χ1v) is 10.6. The van der Waals surface area contributed by atoms with Crippen LogP contribution in [-0.2, 0) is 0 Å². The molecule has 0 aliphatic rings. The molecule has 0 aliphatic heterocycles. The Morgan fingerprint density at radius 2 is 1.47 bits per heavy atom. The Balaban J connectivity index is 1.85. The number of alkyl halides is 6. The summed E-state index contributed by atoms with van der Waals surface area (Å²) in [6, 6.07) is 5.07. The lowest BCUT2D eigenvalue weighted by atomic mass is 10.1. The van der Waals surface area contributed by atoms with Crippen LogP contribution in [0.4, 0.5) is 46.5 Å². The fourth-order valence-corrected chi connectivity index (χ4v) is 3.18. The molecule has 0 saturated carbocycles. The van der Waals surface area contributed by atoms with Crippen LogP contribution in [-0.4, -0.2) is 35.3 Å². The second-order valence-electron chi connectivity index (χ2n) is 7.23. The maximum absolute atomic E-state index is 14.9. The van der Waals surface area contributed by atoms with Crippen molar-refractivity contribution in [1.29, 1.82) is 0 Å². The molecule has 0 fully saturated rings.